The molecule has 4 rings (SSSR count). The van der Waals surface area contributed by atoms with Gasteiger partial charge in [0, 0.05) is 45.7 Å². The predicted molar refractivity (Wildman–Crippen MR) is 131 cm³/mol. The number of morpholine rings is 1. The zero-order valence-corrected chi connectivity index (χ0v) is 20.6. The van der Waals surface area contributed by atoms with Crippen LogP contribution in [0.2, 0.25) is 0 Å². The van der Waals surface area contributed by atoms with Crippen molar-refractivity contribution in [2.75, 3.05) is 52.5 Å². The maximum absolute atomic E-state index is 13.4. The molecule has 10 heteroatoms. The Balaban J connectivity index is 1.42. The number of urea groups is 1. The third kappa shape index (κ3) is 5.86. The van der Waals surface area contributed by atoms with Gasteiger partial charge in [0.05, 0.1) is 30.8 Å². The molecule has 10 nitrogen and oxygen atoms in total. The number of carbonyl (C=O) groups is 3. The van der Waals surface area contributed by atoms with Crippen LogP contribution in [0.4, 0.5) is 4.79 Å². The molecule has 4 amide bonds. The SMILES string of the molecule is Cc1cc(C#N)ccc1C1=CCN(C(=O)N2CC(CC(=O)N3CCOCC3)CC(C(=O)NO)C2)CC1. The summed E-state index contributed by atoms with van der Waals surface area (Å²) in [5.41, 5.74) is 5.60. The van der Waals surface area contributed by atoms with Crippen LogP contribution in [0.1, 0.15) is 36.0 Å². The van der Waals surface area contributed by atoms with Gasteiger partial charge in [-0.15, -0.1) is 0 Å². The van der Waals surface area contributed by atoms with Gasteiger partial charge in [-0.3, -0.25) is 14.8 Å². The Labute approximate surface area is 211 Å². The Morgan fingerprint density at radius 3 is 2.56 bits per heavy atom. The van der Waals surface area contributed by atoms with Crippen LogP contribution in [0.3, 0.4) is 0 Å². The molecule has 1 aromatic carbocycles. The second kappa shape index (κ2) is 11.5. The summed E-state index contributed by atoms with van der Waals surface area (Å²) in [6.07, 6.45) is 3.41. The normalized spacial score (nSPS) is 22.5. The molecule has 0 radical (unpaired) electrons. The van der Waals surface area contributed by atoms with E-state index in [2.05, 4.69) is 6.07 Å². The Kier molecular flexibility index (Phi) is 8.23. The molecule has 3 aliphatic heterocycles. The summed E-state index contributed by atoms with van der Waals surface area (Å²) < 4.78 is 5.32. The number of benzene rings is 1. The van der Waals surface area contributed by atoms with Gasteiger partial charge in [-0.05, 0) is 54.5 Å². The minimum Gasteiger partial charge on any atom is -0.378 e. The van der Waals surface area contributed by atoms with E-state index in [0.717, 1.165) is 16.7 Å². The number of nitrogens with one attached hydrogen (secondary N) is 1. The average Bonchev–Trinajstić information content (AvgIpc) is 2.92. The van der Waals surface area contributed by atoms with Crippen molar-refractivity contribution in [3.8, 4) is 6.07 Å². The number of aryl methyl sites for hydroxylation is 1. The van der Waals surface area contributed by atoms with E-state index in [4.69, 9.17) is 10.00 Å². The van der Waals surface area contributed by atoms with Gasteiger partial charge < -0.3 is 19.4 Å². The van der Waals surface area contributed by atoms with Gasteiger partial charge in [-0.2, -0.15) is 5.26 Å². The molecule has 2 atom stereocenters. The quantitative estimate of drug-likeness (QED) is 0.484. The average molecular weight is 496 g/mol. The molecule has 0 aromatic heterocycles. The van der Waals surface area contributed by atoms with Crippen molar-refractivity contribution in [3.05, 3.63) is 41.0 Å². The summed E-state index contributed by atoms with van der Waals surface area (Å²) in [7, 11) is 0. The molecule has 2 N–H and O–H groups in total. The van der Waals surface area contributed by atoms with Gasteiger partial charge in [0.15, 0.2) is 0 Å². The predicted octanol–water partition coefficient (Wildman–Crippen LogP) is 1.77. The maximum atomic E-state index is 13.4. The summed E-state index contributed by atoms with van der Waals surface area (Å²) in [6, 6.07) is 7.62. The molecule has 192 valence electrons. The molecule has 0 spiro atoms. The lowest BCUT2D eigenvalue weighted by molar-refractivity contribution is -0.139. The molecule has 2 unspecified atom stereocenters. The van der Waals surface area contributed by atoms with Crippen LogP contribution in [0.5, 0.6) is 0 Å². The lowest BCUT2D eigenvalue weighted by Gasteiger charge is -2.40. The first-order valence-corrected chi connectivity index (χ1v) is 12.4. The first-order valence-electron chi connectivity index (χ1n) is 12.4. The lowest BCUT2D eigenvalue weighted by Crippen LogP contribution is -2.53. The highest BCUT2D eigenvalue weighted by Gasteiger charge is 2.37. The van der Waals surface area contributed by atoms with E-state index in [1.54, 1.807) is 26.2 Å². The van der Waals surface area contributed by atoms with Crippen LogP contribution in [0, 0.1) is 30.1 Å². The molecule has 36 heavy (non-hydrogen) atoms. The summed E-state index contributed by atoms with van der Waals surface area (Å²) >= 11 is 0. The fraction of sp³-hybridized carbons (Fsp3) is 0.538. The highest BCUT2D eigenvalue weighted by atomic mass is 16.5. The molecule has 2 saturated heterocycles. The number of nitrogens with zero attached hydrogens (tertiary/aromatic N) is 4. The summed E-state index contributed by atoms with van der Waals surface area (Å²) in [5, 5.41) is 18.3. The lowest BCUT2D eigenvalue weighted by atomic mass is 9.86. The molecule has 3 aliphatic rings. The Morgan fingerprint density at radius 1 is 1.14 bits per heavy atom. The second-order valence-corrected chi connectivity index (χ2v) is 9.73. The van der Waals surface area contributed by atoms with Gasteiger partial charge in [-0.1, -0.05) is 12.1 Å². The monoisotopic (exact) mass is 495 g/mol. The van der Waals surface area contributed by atoms with E-state index in [1.807, 2.05) is 25.1 Å². The standard InChI is InChI=1S/C26H33N5O5/c1-18-12-19(15-27)2-3-23(18)21-4-6-30(7-5-21)26(34)31-16-20(13-22(17-31)25(33)28-35)14-24(32)29-8-10-36-11-9-29/h2-4,12,20,22,35H,5-11,13-14,16-17H2,1H3,(H,28,33). The van der Waals surface area contributed by atoms with E-state index in [9.17, 15) is 19.6 Å². The number of hydrogen-bond acceptors (Lipinski definition) is 6. The number of hydroxylamine groups is 1. The first kappa shape index (κ1) is 25.7. The van der Waals surface area contributed by atoms with Crippen molar-refractivity contribution in [2.24, 2.45) is 11.8 Å². The number of nitriles is 1. The highest BCUT2D eigenvalue weighted by molar-refractivity contribution is 5.82. The van der Waals surface area contributed by atoms with Crippen molar-refractivity contribution in [1.29, 1.82) is 5.26 Å². The van der Waals surface area contributed by atoms with Gasteiger partial charge in [0.2, 0.25) is 11.8 Å². The van der Waals surface area contributed by atoms with Crippen molar-refractivity contribution in [1.82, 2.24) is 20.2 Å². The minimum atomic E-state index is -0.576. The fourth-order valence-electron chi connectivity index (χ4n) is 5.36. The Hall–Kier alpha value is -3.42. The van der Waals surface area contributed by atoms with Gasteiger partial charge in [0.25, 0.3) is 0 Å². The van der Waals surface area contributed by atoms with Crippen LogP contribution in [0.15, 0.2) is 24.3 Å². The number of amides is 4. The van der Waals surface area contributed by atoms with E-state index in [-0.39, 0.29) is 30.8 Å². The van der Waals surface area contributed by atoms with Crippen LogP contribution < -0.4 is 5.48 Å². The van der Waals surface area contributed by atoms with Crippen molar-refractivity contribution in [2.45, 2.75) is 26.2 Å². The third-order valence-corrected chi connectivity index (χ3v) is 7.30. The summed E-state index contributed by atoms with van der Waals surface area (Å²) in [4.78, 5) is 43.7. The molecule has 3 heterocycles. The van der Waals surface area contributed by atoms with E-state index >= 15 is 0 Å². The molecule has 0 saturated carbocycles. The van der Waals surface area contributed by atoms with Crippen LogP contribution >= 0.6 is 0 Å². The third-order valence-electron chi connectivity index (χ3n) is 7.30. The Morgan fingerprint density at radius 2 is 1.92 bits per heavy atom. The van der Waals surface area contributed by atoms with Gasteiger partial charge in [0.1, 0.15) is 0 Å². The van der Waals surface area contributed by atoms with Crippen LogP contribution in [0.25, 0.3) is 5.57 Å². The molecule has 1 aromatic rings. The smallest absolute Gasteiger partial charge is 0.320 e. The van der Waals surface area contributed by atoms with E-state index < -0.39 is 11.8 Å². The first-order chi connectivity index (χ1) is 17.4. The van der Waals surface area contributed by atoms with Crippen LogP contribution in [-0.4, -0.2) is 90.2 Å². The maximum Gasteiger partial charge on any atom is 0.320 e. The number of rotatable bonds is 4. The topological polar surface area (TPSA) is 126 Å². The summed E-state index contributed by atoms with van der Waals surface area (Å²) in [6.45, 7) is 5.69. The molecule has 0 aliphatic carbocycles. The number of ether oxygens (including phenoxy) is 1. The number of carbonyl (C=O) groups excluding carboxylic acids is 3. The summed E-state index contributed by atoms with van der Waals surface area (Å²) in [5.74, 6) is -1.28. The molecule has 0 bridgehead atoms. The number of hydrogen-bond donors (Lipinski definition) is 2. The number of likely N-dealkylation sites (tertiary alicyclic amines) is 1. The van der Waals surface area contributed by atoms with Crippen molar-refractivity contribution in [3.63, 3.8) is 0 Å². The minimum absolute atomic E-state index is 0.00379. The second-order valence-electron chi connectivity index (χ2n) is 9.73. The largest absolute Gasteiger partial charge is 0.378 e. The zero-order chi connectivity index (χ0) is 25.7. The van der Waals surface area contributed by atoms with E-state index in [1.165, 1.54) is 0 Å². The van der Waals surface area contributed by atoms with Crippen LogP contribution in [-0.2, 0) is 14.3 Å². The number of piperidine rings is 1. The molecule has 2 fully saturated rings. The van der Waals surface area contributed by atoms with E-state index in [0.29, 0.717) is 64.3 Å². The zero-order valence-electron chi connectivity index (χ0n) is 20.6. The van der Waals surface area contributed by atoms with Gasteiger partial charge in [-0.25, -0.2) is 10.3 Å². The van der Waals surface area contributed by atoms with Crippen molar-refractivity contribution < 1.29 is 24.3 Å². The molecular formula is C26H33N5O5. The Bertz CT molecular complexity index is 1070. The van der Waals surface area contributed by atoms with Crippen molar-refractivity contribution >= 4 is 23.4 Å². The van der Waals surface area contributed by atoms with Gasteiger partial charge >= 0.3 is 6.03 Å². The fourth-order valence-corrected chi connectivity index (χ4v) is 5.36. The highest BCUT2D eigenvalue weighted by Crippen LogP contribution is 2.29. The molecular weight excluding hydrogens is 462 g/mol.